The first-order valence-corrected chi connectivity index (χ1v) is 5.10. The van der Waals surface area contributed by atoms with Gasteiger partial charge in [-0.25, -0.2) is 4.79 Å². The van der Waals surface area contributed by atoms with Crippen LogP contribution in [0.25, 0.3) is 0 Å². The van der Waals surface area contributed by atoms with Gasteiger partial charge in [-0.3, -0.25) is 0 Å². The van der Waals surface area contributed by atoms with Gasteiger partial charge in [0, 0.05) is 4.47 Å². The molecule has 0 spiro atoms. The van der Waals surface area contributed by atoms with Gasteiger partial charge < -0.3 is 9.47 Å². The number of rotatable bonds is 4. The Hall–Kier alpha value is -1.29. The number of ether oxygens (including phenoxy) is 2. The van der Waals surface area contributed by atoms with Crippen molar-refractivity contribution in [2.75, 3.05) is 13.7 Å². The minimum Gasteiger partial charge on any atom is -0.489 e. The highest BCUT2D eigenvalue weighted by Crippen LogP contribution is 2.24. The molecule has 0 saturated heterocycles. The topological polar surface area (TPSA) is 35.5 Å². The Labute approximate surface area is 96.8 Å². The number of carbonyl (C=O) groups is 1. The summed E-state index contributed by atoms with van der Waals surface area (Å²) in [5.74, 6) is 0.0673. The van der Waals surface area contributed by atoms with Crippen LogP contribution in [0.4, 0.5) is 0 Å². The standard InChI is InChI=1S/C11H11BrO3/c1-3-6-15-10-7-8(12)4-5-9(10)11(13)14-2/h3-5,7H,1,6H2,2H3. The van der Waals surface area contributed by atoms with Gasteiger partial charge in [0.25, 0.3) is 0 Å². The summed E-state index contributed by atoms with van der Waals surface area (Å²) in [6.07, 6.45) is 1.61. The van der Waals surface area contributed by atoms with E-state index in [9.17, 15) is 4.79 Å². The lowest BCUT2D eigenvalue weighted by Crippen LogP contribution is -2.05. The van der Waals surface area contributed by atoms with Crippen molar-refractivity contribution in [1.29, 1.82) is 0 Å². The molecule has 0 fully saturated rings. The number of carbonyl (C=O) groups excluding carboxylic acids is 1. The number of hydrogen-bond donors (Lipinski definition) is 0. The van der Waals surface area contributed by atoms with Gasteiger partial charge in [0.1, 0.15) is 17.9 Å². The predicted molar refractivity (Wildman–Crippen MR) is 61.2 cm³/mol. The van der Waals surface area contributed by atoms with E-state index in [2.05, 4.69) is 27.2 Å². The van der Waals surface area contributed by atoms with Crippen LogP contribution in [0, 0.1) is 0 Å². The average molecular weight is 271 g/mol. The van der Waals surface area contributed by atoms with Gasteiger partial charge in [0.05, 0.1) is 7.11 Å². The molecule has 0 aliphatic rings. The molecule has 0 aromatic heterocycles. The molecule has 0 unspecified atom stereocenters. The van der Waals surface area contributed by atoms with Gasteiger partial charge >= 0.3 is 5.97 Å². The summed E-state index contributed by atoms with van der Waals surface area (Å²) in [5.41, 5.74) is 0.405. The summed E-state index contributed by atoms with van der Waals surface area (Å²) < 4.78 is 10.8. The SMILES string of the molecule is C=CCOc1cc(Br)ccc1C(=O)OC. The van der Waals surface area contributed by atoms with Crippen molar-refractivity contribution >= 4 is 21.9 Å². The van der Waals surface area contributed by atoms with Crippen LogP contribution in [0.5, 0.6) is 5.75 Å². The van der Waals surface area contributed by atoms with Crippen LogP contribution in [0.1, 0.15) is 10.4 Å². The first-order chi connectivity index (χ1) is 7.19. The monoisotopic (exact) mass is 270 g/mol. The first kappa shape index (κ1) is 11.8. The normalized spacial score (nSPS) is 9.47. The quantitative estimate of drug-likeness (QED) is 0.624. The Morgan fingerprint density at radius 1 is 1.60 bits per heavy atom. The van der Waals surface area contributed by atoms with Crippen LogP contribution < -0.4 is 4.74 Å². The van der Waals surface area contributed by atoms with Crippen LogP contribution in [0.3, 0.4) is 0 Å². The van der Waals surface area contributed by atoms with Crippen LogP contribution in [0.2, 0.25) is 0 Å². The molecule has 0 aliphatic carbocycles. The van der Waals surface area contributed by atoms with Gasteiger partial charge in [-0.1, -0.05) is 28.6 Å². The minimum atomic E-state index is -0.415. The highest BCUT2D eigenvalue weighted by molar-refractivity contribution is 9.10. The summed E-state index contributed by atoms with van der Waals surface area (Å²) in [4.78, 5) is 11.4. The third-order valence-electron chi connectivity index (χ3n) is 1.71. The highest BCUT2D eigenvalue weighted by Gasteiger charge is 2.12. The zero-order valence-electron chi connectivity index (χ0n) is 8.33. The first-order valence-electron chi connectivity index (χ1n) is 4.30. The fourth-order valence-corrected chi connectivity index (χ4v) is 1.38. The summed E-state index contributed by atoms with van der Waals surface area (Å²) >= 11 is 3.30. The molecule has 0 N–H and O–H groups in total. The van der Waals surface area contributed by atoms with E-state index in [1.165, 1.54) is 7.11 Å². The van der Waals surface area contributed by atoms with Gasteiger partial charge in [-0.05, 0) is 18.2 Å². The predicted octanol–water partition coefficient (Wildman–Crippen LogP) is 2.80. The van der Waals surface area contributed by atoms with Crippen molar-refractivity contribution in [3.05, 3.63) is 40.9 Å². The summed E-state index contributed by atoms with van der Waals surface area (Å²) in [5, 5.41) is 0. The molecular formula is C11H11BrO3. The molecule has 0 radical (unpaired) electrons. The van der Waals surface area contributed by atoms with Gasteiger partial charge in [-0.15, -0.1) is 0 Å². The molecular weight excluding hydrogens is 260 g/mol. The molecule has 4 heteroatoms. The molecule has 0 amide bonds. The number of esters is 1. The van der Waals surface area contributed by atoms with Crippen LogP contribution in [0.15, 0.2) is 35.3 Å². The molecule has 15 heavy (non-hydrogen) atoms. The fourth-order valence-electron chi connectivity index (χ4n) is 1.04. The average Bonchev–Trinajstić information content (AvgIpc) is 2.25. The van der Waals surface area contributed by atoms with Crippen LogP contribution in [-0.2, 0) is 4.74 Å². The van der Waals surface area contributed by atoms with E-state index in [-0.39, 0.29) is 0 Å². The summed E-state index contributed by atoms with van der Waals surface area (Å²) in [6.45, 7) is 3.89. The van der Waals surface area contributed by atoms with E-state index < -0.39 is 5.97 Å². The molecule has 0 heterocycles. The maximum absolute atomic E-state index is 11.4. The van der Waals surface area contributed by atoms with E-state index in [0.29, 0.717) is 17.9 Å². The number of hydrogen-bond acceptors (Lipinski definition) is 3. The van der Waals surface area contributed by atoms with Crippen molar-refractivity contribution in [3.63, 3.8) is 0 Å². The second kappa shape index (κ2) is 5.56. The van der Waals surface area contributed by atoms with E-state index >= 15 is 0 Å². The van der Waals surface area contributed by atoms with Crippen molar-refractivity contribution < 1.29 is 14.3 Å². The third-order valence-corrected chi connectivity index (χ3v) is 2.20. The van der Waals surface area contributed by atoms with E-state index in [1.54, 1.807) is 24.3 Å². The van der Waals surface area contributed by atoms with E-state index in [0.717, 1.165) is 4.47 Å². The number of methoxy groups -OCH3 is 1. The Balaban J connectivity index is 3.02. The molecule has 1 rings (SSSR count). The smallest absolute Gasteiger partial charge is 0.341 e. The largest absolute Gasteiger partial charge is 0.489 e. The molecule has 0 bridgehead atoms. The molecule has 80 valence electrons. The molecule has 1 aromatic carbocycles. The third kappa shape index (κ3) is 3.09. The number of halogens is 1. The second-order valence-electron chi connectivity index (χ2n) is 2.73. The van der Waals surface area contributed by atoms with E-state index in [4.69, 9.17) is 4.74 Å². The minimum absolute atomic E-state index is 0.348. The molecule has 0 aliphatic heterocycles. The molecule has 0 saturated carbocycles. The molecule has 1 aromatic rings. The zero-order valence-corrected chi connectivity index (χ0v) is 9.91. The van der Waals surface area contributed by atoms with Gasteiger partial charge in [0.15, 0.2) is 0 Å². The maximum Gasteiger partial charge on any atom is 0.341 e. The Kier molecular flexibility index (Phi) is 4.37. The summed E-state index contributed by atoms with van der Waals surface area (Å²) in [7, 11) is 1.33. The molecule has 3 nitrogen and oxygen atoms in total. The lowest BCUT2D eigenvalue weighted by atomic mass is 10.2. The second-order valence-corrected chi connectivity index (χ2v) is 3.65. The Bertz CT molecular complexity index is 374. The zero-order chi connectivity index (χ0) is 11.3. The van der Waals surface area contributed by atoms with E-state index in [1.807, 2.05) is 0 Å². The van der Waals surface area contributed by atoms with Gasteiger partial charge in [-0.2, -0.15) is 0 Å². The van der Waals surface area contributed by atoms with Crippen LogP contribution >= 0.6 is 15.9 Å². The molecule has 0 atom stereocenters. The number of benzene rings is 1. The fraction of sp³-hybridized carbons (Fsp3) is 0.182. The van der Waals surface area contributed by atoms with Crippen LogP contribution in [-0.4, -0.2) is 19.7 Å². The van der Waals surface area contributed by atoms with Crippen molar-refractivity contribution in [1.82, 2.24) is 0 Å². The summed E-state index contributed by atoms with van der Waals surface area (Å²) in [6, 6.07) is 5.12. The highest BCUT2D eigenvalue weighted by atomic mass is 79.9. The maximum atomic E-state index is 11.4. The lowest BCUT2D eigenvalue weighted by molar-refractivity contribution is 0.0596. The van der Waals surface area contributed by atoms with Crippen molar-refractivity contribution in [2.24, 2.45) is 0 Å². The lowest BCUT2D eigenvalue weighted by Gasteiger charge is -2.08. The Morgan fingerprint density at radius 3 is 2.93 bits per heavy atom. The Morgan fingerprint density at radius 2 is 2.33 bits per heavy atom. The van der Waals surface area contributed by atoms with Crippen molar-refractivity contribution in [3.8, 4) is 5.75 Å². The van der Waals surface area contributed by atoms with Gasteiger partial charge in [0.2, 0.25) is 0 Å². The van der Waals surface area contributed by atoms with Crippen molar-refractivity contribution in [2.45, 2.75) is 0 Å².